The minimum absolute atomic E-state index is 0.696. The van der Waals surface area contributed by atoms with Crippen LogP contribution in [0.25, 0.3) is 0 Å². The van der Waals surface area contributed by atoms with Crippen LogP contribution < -0.4 is 16.0 Å². The fourth-order valence-electron chi connectivity index (χ4n) is 1.26. The Balaban J connectivity index is 0.000000921. The van der Waals surface area contributed by atoms with E-state index in [-0.39, 0.29) is 0 Å². The van der Waals surface area contributed by atoms with Gasteiger partial charge in [0.1, 0.15) is 0 Å². The fourth-order valence-corrected chi connectivity index (χ4v) is 1.26. The van der Waals surface area contributed by atoms with Gasteiger partial charge < -0.3 is 21.2 Å². The molecule has 0 radical (unpaired) electrons. The van der Waals surface area contributed by atoms with E-state index in [4.69, 9.17) is 0 Å². The Morgan fingerprint density at radius 2 is 1.13 bits per heavy atom. The van der Waals surface area contributed by atoms with Gasteiger partial charge in [-0.05, 0) is 0 Å². The molecule has 0 aromatic heterocycles. The van der Waals surface area contributed by atoms with Gasteiger partial charge in [0.15, 0.2) is 0 Å². The molecule has 1 saturated heterocycles. The van der Waals surface area contributed by atoms with E-state index in [1.807, 2.05) is 0 Å². The van der Waals surface area contributed by atoms with Crippen LogP contribution in [0.3, 0.4) is 0 Å². The van der Waals surface area contributed by atoms with E-state index in [0.29, 0.717) is 13.1 Å². The molecule has 1 aliphatic rings. The number of hydrogen-bond acceptors (Lipinski definition) is 5. The Morgan fingerprint density at radius 1 is 0.800 bits per heavy atom. The van der Waals surface area contributed by atoms with Crippen molar-refractivity contribution in [3.05, 3.63) is 0 Å². The van der Waals surface area contributed by atoms with Crippen molar-refractivity contribution in [1.29, 1.82) is 0 Å². The summed E-state index contributed by atoms with van der Waals surface area (Å²) in [6, 6.07) is 0. The van der Waals surface area contributed by atoms with Crippen molar-refractivity contribution in [2.75, 3.05) is 52.4 Å². The molecule has 0 aromatic carbocycles. The maximum absolute atomic E-state index is 9.33. The summed E-state index contributed by atoms with van der Waals surface area (Å²) >= 11 is 4.25. The van der Waals surface area contributed by atoms with Gasteiger partial charge in [0.05, 0.1) is 0 Å². The molecule has 0 saturated carbocycles. The number of halogens is 1. The molecule has 86 valence electrons. The van der Waals surface area contributed by atoms with Gasteiger partial charge in [0.25, 0.3) is 0 Å². The van der Waals surface area contributed by atoms with Crippen molar-refractivity contribution in [3.63, 3.8) is 0 Å². The Hall–Kier alpha value is 0.903. The standard InChI is InChI=1S/C8H20N4O.BrH.Zn/c13-12-7-5-10-3-1-9-2-4-11-6-8-12;;/h9-11,13H,1-8H2;1H;/q;;+2/p-1. The predicted molar refractivity (Wildman–Crippen MR) is 60.9 cm³/mol. The first-order valence-electron chi connectivity index (χ1n) is 5.22. The SMILES string of the molecule is ON1CCNCCNCCNCC1.[Zn+][Br]. The van der Waals surface area contributed by atoms with E-state index < -0.39 is 0 Å². The van der Waals surface area contributed by atoms with Crippen molar-refractivity contribution in [2.24, 2.45) is 0 Å². The summed E-state index contributed by atoms with van der Waals surface area (Å²) in [7, 11) is 0. The quantitative estimate of drug-likeness (QED) is 0.442. The minimum atomic E-state index is 0.696. The van der Waals surface area contributed by atoms with Gasteiger partial charge in [0, 0.05) is 52.4 Å². The van der Waals surface area contributed by atoms with Crippen molar-refractivity contribution in [1.82, 2.24) is 21.0 Å². The molecule has 5 nitrogen and oxygen atoms in total. The van der Waals surface area contributed by atoms with Gasteiger partial charge >= 0.3 is 30.0 Å². The van der Waals surface area contributed by atoms with E-state index in [2.05, 4.69) is 29.6 Å². The number of hydroxylamine groups is 2. The Morgan fingerprint density at radius 3 is 1.53 bits per heavy atom. The fraction of sp³-hybridized carbons (Fsp3) is 1.00. The first-order chi connectivity index (χ1) is 7.39. The summed E-state index contributed by atoms with van der Waals surface area (Å²) < 4.78 is 0. The van der Waals surface area contributed by atoms with E-state index in [0.717, 1.165) is 39.3 Å². The normalized spacial score (nSPS) is 21.9. The summed E-state index contributed by atoms with van der Waals surface area (Å²) in [6.07, 6.45) is 0. The maximum atomic E-state index is 9.33. The molecule has 1 rings (SSSR count). The van der Waals surface area contributed by atoms with Crippen molar-refractivity contribution >= 4 is 13.6 Å². The zero-order valence-electron chi connectivity index (χ0n) is 9.14. The molecular formula is C8H20BrN4OZn+. The van der Waals surface area contributed by atoms with Crippen LogP contribution in [0.1, 0.15) is 0 Å². The Kier molecular flexibility index (Phi) is 13.8. The van der Waals surface area contributed by atoms with Gasteiger partial charge in [-0.15, -0.1) is 0 Å². The number of rotatable bonds is 0. The number of nitrogens with one attached hydrogen (secondary N) is 3. The third kappa shape index (κ3) is 11.2. The van der Waals surface area contributed by atoms with Crippen LogP contribution in [-0.2, 0) is 16.3 Å². The zero-order valence-corrected chi connectivity index (χ0v) is 13.7. The number of hydrogen-bond donors (Lipinski definition) is 4. The van der Waals surface area contributed by atoms with Crippen molar-refractivity contribution < 1.29 is 21.5 Å². The zero-order chi connectivity index (χ0) is 11.4. The average Bonchev–Trinajstić information content (AvgIpc) is 2.26. The van der Waals surface area contributed by atoms with Gasteiger partial charge in [-0.2, -0.15) is 5.06 Å². The van der Waals surface area contributed by atoms with Crippen LogP contribution in [0, 0.1) is 0 Å². The third-order valence-corrected chi connectivity index (χ3v) is 2.05. The summed E-state index contributed by atoms with van der Waals surface area (Å²) in [4.78, 5) is 0. The molecule has 15 heavy (non-hydrogen) atoms. The molecule has 0 amide bonds. The molecular weight excluding hydrogens is 313 g/mol. The molecule has 1 fully saturated rings. The van der Waals surface area contributed by atoms with E-state index in [1.54, 1.807) is 0 Å². The first-order valence-corrected chi connectivity index (χ1v) is 12.2. The molecule has 0 aromatic rings. The second-order valence-electron chi connectivity index (χ2n) is 3.20. The van der Waals surface area contributed by atoms with Gasteiger partial charge in [-0.1, -0.05) is 0 Å². The van der Waals surface area contributed by atoms with Crippen LogP contribution >= 0.6 is 13.6 Å². The van der Waals surface area contributed by atoms with Gasteiger partial charge in [-0.3, -0.25) is 0 Å². The number of nitrogens with zero attached hydrogens (tertiary/aromatic N) is 1. The van der Waals surface area contributed by atoms with E-state index in [9.17, 15) is 5.21 Å². The van der Waals surface area contributed by atoms with Crippen LogP contribution in [0.2, 0.25) is 0 Å². The third-order valence-electron chi connectivity index (χ3n) is 2.05. The van der Waals surface area contributed by atoms with Crippen molar-refractivity contribution in [3.8, 4) is 0 Å². The van der Waals surface area contributed by atoms with Gasteiger partial charge in [-0.25, -0.2) is 0 Å². The molecule has 1 aliphatic heterocycles. The van der Waals surface area contributed by atoms with Crippen molar-refractivity contribution in [2.45, 2.75) is 0 Å². The molecule has 0 aliphatic carbocycles. The van der Waals surface area contributed by atoms with E-state index in [1.165, 1.54) is 21.4 Å². The second kappa shape index (κ2) is 13.0. The monoisotopic (exact) mass is 331 g/mol. The Bertz CT molecular complexity index is 121. The molecule has 1 heterocycles. The van der Waals surface area contributed by atoms with Crippen LogP contribution in [-0.4, -0.2) is 62.6 Å². The Labute approximate surface area is 108 Å². The molecule has 0 unspecified atom stereocenters. The average molecular weight is 334 g/mol. The van der Waals surface area contributed by atoms with Crippen LogP contribution in [0.15, 0.2) is 0 Å². The topological polar surface area (TPSA) is 59.6 Å². The van der Waals surface area contributed by atoms with Crippen LogP contribution in [0.5, 0.6) is 0 Å². The molecule has 0 bridgehead atoms. The molecule has 0 spiro atoms. The predicted octanol–water partition coefficient (Wildman–Crippen LogP) is -0.697. The second-order valence-corrected chi connectivity index (χ2v) is 3.20. The van der Waals surface area contributed by atoms with E-state index >= 15 is 0 Å². The first kappa shape index (κ1) is 15.9. The molecule has 7 heteroatoms. The summed E-state index contributed by atoms with van der Waals surface area (Å²) in [5.41, 5.74) is 0. The molecule has 0 atom stereocenters. The van der Waals surface area contributed by atoms with Gasteiger partial charge in [0.2, 0.25) is 0 Å². The summed E-state index contributed by atoms with van der Waals surface area (Å²) in [5.74, 6) is 0. The summed E-state index contributed by atoms with van der Waals surface area (Å²) in [6.45, 7) is 7.00. The van der Waals surface area contributed by atoms with Crippen LogP contribution in [0.4, 0.5) is 0 Å². The summed E-state index contributed by atoms with van der Waals surface area (Å²) in [5, 5.41) is 20.5. The molecule has 4 N–H and O–H groups in total.